The predicted molar refractivity (Wildman–Crippen MR) is 113 cm³/mol. The van der Waals surface area contributed by atoms with E-state index < -0.39 is 0 Å². The standard InChI is InChI=1S/C21H28N4OS/c1-16-7-6-8-17(2)25(16)22-15-19-20(18-9-4-3-5-10-18)23-21(27-19)24-11-13-26-14-12-24/h3-5,9-10,15-17H,6-8,11-14H2,1-2H3/b22-15-/t16-,17-/m0/s1. The van der Waals surface area contributed by atoms with Crippen LogP contribution >= 0.6 is 11.3 Å². The van der Waals surface area contributed by atoms with Crippen molar-refractivity contribution in [3.8, 4) is 11.3 Å². The second kappa shape index (κ2) is 8.40. The van der Waals surface area contributed by atoms with Gasteiger partial charge in [-0.2, -0.15) is 5.10 Å². The Hall–Kier alpha value is -1.92. The Morgan fingerprint density at radius 2 is 1.81 bits per heavy atom. The van der Waals surface area contributed by atoms with Gasteiger partial charge in [-0.05, 0) is 33.1 Å². The van der Waals surface area contributed by atoms with E-state index in [2.05, 4.69) is 48.0 Å². The van der Waals surface area contributed by atoms with Gasteiger partial charge in [0.05, 0.1) is 30.0 Å². The highest BCUT2D eigenvalue weighted by molar-refractivity contribution is 7.17. The number of morpholine rings is 1. The molecule has 1 aromatic carbocycles. The first-order chi connectivity index (χ1) is 13.2. The van der Waals surface area contributed by atoms with E-state index in [1.807, 2.05) is 12.3 Å². The molecule has 2 saturated heterocycles. The molecule has 0 N–H and O–H groups in total. The number of hydrogen-bond donors (Lipinski definition) is 0. The molecule has 2 aromatic rings. The van der Waals surface area contributed by atoms with E-state index in [9.17, 15) is 0 Å². The fraction of sp³-hybridized carbons (Fsp3) is 0.524. The zero-order valence-corrected chi connectivity index (χ0v) is 17.0. The molecule has 2 aliphatic rings. The Labute approximate surface area is 165 Å². The maximum absolute atomic E-state index is 5.50. The summed E-state index contributed by atoms with van der Waals surface area (Å²) in [6, 6.07) is 11.4. The Morgan fingerprint density at radius 3 is 2.52 bits per heavy atom. The normalized spacial score (nSPS) is 23.9. The highest BCUT2D eigenvalue weighted by Crippen LogP contribution is 2.33. The lowest BCUT2D eigenvalue weighted by Crippen LogP contribution is -2.39. The number of ether oxygens (including phenoxy) is 1. The molecule has 27 heavy (non-hydrogen) atoms. The minimum absolute atomic E-state index is 0.497. The third-order valence-electron chi connectivity index (χ3n) is 5.43. The monoisotopic (exact) mass is 384 g/mol. The highest BCUT2D eigenvalue weighted by atomic mass is 32.1. The summed E-state index contributed by atoms with van der Waals surface area (Å²) >= 11 is 1.74. The molecular formula is C21H28N4OS. The summed E-state index contributed by atoms with van der Waals surface area (Å²) in [5, 5.41) is 8.23. The number of aromatic nitrogens is 1. The summed E-state index contributed by atoms with van der Waals surface area (Å²) in [6.45, 7) is 7.89. The van der Waals surface area contributed by atoms with Crippen LogP contribution in [0.2, 0.25) is 0 Å². The quantitative estimate of drug-likeness (QED) is 0.739. The van der Waals surface area contributed by atoms with E-state index in [-0.39, 0.29) is 0 Å². The van der Waals surface area contributed by atoms with Gasteiger partial charge in [-0.15, -0.1) is 0 Å². The maximum atomic E-state index is 5.50. The molecule has 2 fully saturated rings. The van der Waals surface area contributed by atoms with Crippen molar-refractivity contribution in [1.82, 2.24) is 9.99 Å². The number of anilines is 1. The zero-order chi connectivity index (χ0) is 18.6. The van der Waals surface area contributed by atoms with Crippen LogP contribution in [-0.2, 0) is 4.74 Å². The molecule has 0 radical (unpaired) electrons. The summed E-state index contributed by atoms with van der Waals surface area (Å²) in [5.74, 6) is 0. The van der Waals surface area contributed by atoms with Crippen LogP contribution in [0.5, 0.6) is 0 Å². The molecule has 0 aliphatic carbocycles. The van der Waals surface area contributed by atoms with Gasteiger partial charge in [-0.25, -0.2) is 4.98 Å². The largest absolute Gasteiger partial charge is 0.378 e. The molecule has 5 nitrogen and oxygen atoms in total. The fourth-order valence-electron chi connectivity index (χ4n) is 3.85. The summed E-state index contributed by atoms with van der Waals surface area (Å²) < 4.78 is 5.50. The highest BCUT2D eigenvalue weighted by Gasteiger charge is 2.23. The number of benzene rings is 1. The second-order valence-electron chi connectivity index (χ2n) is 7.43. The van der Waals surface area contributed by atoms with Gasteiger partial charge in [0.25, 0.3) is 0 Å². The van der Waals surface area contributed by atoms with E-state index >= 15 is 0 Å². The Balaban J connectivity index is 1.65. The third-order valence-corrected chi connectivity index (χ3v) is 6.48. The van der Waals surface area contributed by atoms with Gasteiger partial charge in [-0.1, -0.05) is 41.7 Å². The zero-order valence-electron chi connectivity index (χ0n) is 16.2. The summed E-state index contributed by atoms with van der Waals surface area (Å²) in [5.41, 5.74) is 2.18. The third kappa shape index (κ3) is 4.17. The molecule has 0 bridgehead atoms. The predicted octanol–water partition coefficient (Wildman–Crippen LogP) is 4.24. The number of hydrogen-bond acceptors (Lipinski definition) is 6. The van der Waals surface area contributed by atoms with Gasteiger partial charge < -0.3 is 9.64 Å². The number of hydrazone groups is 1. The van der Waals surface area contributed by atoms with Crippen LogP contribution in [-0.4, -0.2) is 54.6 Å². The minimum Gasteiger partial charge on any atom is -0.378 e. The van der Waals surface area contributed by atoms with Crippen LogP contribution in [0.3, 0.4) is 0 Å². The lowest BCUT2D eigenvalue weighted by atomic mass is 10.00. The number of thiazole rings is 1. The maximum Gasteiger partial charge on any atom is 0.186 e. The molecule has 0 spiro atoms. The number of nitrogens with zero attached hydrogens (tertiary/aromatic N) is 4. The first-order valence-electron chi connectivity index (χ1n) is 9.93. The van der Waals surface area contributed by atoms with Crippen molar-refractivity contribution in [2.75, 3.05) is 31.2 Å². The average Bonchev–Trinajstić information content (AvgIpc) is 3.13. The van der Waals surface area contributed by atoms with Crippen LogP contribution in [0.15, 0.2) is 35.4 Å². The number of piperidine rings is 1. The van der Waals surface area contributed by atoms with Crippen molar-refractivity contribution < 1.29 is 4.74 Å². The van der Waals surface area contributed by atoms with Crippen LogP contribution in [0.25, 0.3) is 11.3 Å². The summed E-state index contributed by atoms with van der Waals surface area (Å²) in [6.07, 6.45) is 5.76. The lowest BCUT2D eigenvalue weighted by Gasteiger charge is -2.36. The van der Waals surface area contributed by atoms with Crippen molar-refractivity contribution in [3.05, 3.63) is 35.2 Å². The summed E-state index contributed by atoms with van der Waals surface area (Å²) in [7, 11) is 0. The molecule has 144 valence electrons. The number of rotatable bonds is 4. The van der Waals surface area contributed by atoms with Gasteiger partial charge in [0.1, 0.15) is 0 Å². The van der Waals surface area contributed by atoms with Crippen molar-refractivity contribution in [1.29, 1.82) is 0 Å². The van der Waals surface area contributed by atoms with Gasteiger partial charge in [0.15, 0.2) is 5.13 Å². The van der Waals surface area contributed by atoms with Crippen molar-refractivity contribution in [2.24, 2.45) is 5.10 Å². The molecular weight excluding hydrogens is 356 g/mol. The first-order valence-corrected chi connectivity index (χ1v) is 10.8. The topological polar surface area (TPSA) is 41.0 Å². The molecule has 0 unspecified atom stereocenters. The van der Waals surface area contributed by atoms with Crippen LogP contribution in [0, 0.1) is 0 Å². The van der Waals surface area contributed by atoms with E-state index in [1.54, 1.807) is 11.3 Å². The molecule has 3 heterocycles. The Morgan fingerprint density at radius 1 is 1.11 bits per heavy atom. The second-order valence-corrected chi connectivity index (χ2v) is 8.44. The van der Waals surface area contributed by atoms with Crippen LogP contribution in [0.4, 0.5) is 5.13 Å². The van der Waals surface area contributed by atoms with E-state index in [1.165, 1.54) is 19.3 Å². The van der Waals surface area contributed by atoms with Gasteiger partial charge in [-0.3, -0.25) is 5.01 Å². The van der Waals surface area contributed by atoms with Gasteiger partial charge in [0.2, 0.25) is 0 Å². The smallest absolute Gasteiger partial charge is 0.186 e. The molecule has 2 atom stereocenters. The Kier molecular flexibility index (Phi) is 5.74. The molecule has 1 aromatic heterocycles. The van der Waals surface area contributed by atoms with Crippen LogP contribution < -0.4 is 4.90 Å². The molecule has 0 saturated carbocycles. The van der Waals surface area contributed by atoms with Gasteiger partial charge in [0, 0.05) is 30.7 Å². The fourth-order valence-corrected chi connectivity index (χ4v) is 4.86. The molecule has 2 aliphatic heterocycles. The SMILES string of the molecule is C[C@H]1CCC[C@H](C)N1/N=C\c1sc(N2CCOCC2)nc1-c1ccccc1. The first kappa shape index (κ1) is 18.4. The average molecular weight is 385 g/mol. The Bertz CT molecular complexity index is 760. The van der Waals surface area contributed by atoms with Gasteiger partial charge >= 0.3 is 0 Å². The molecule has 0 amide bonds. The van der Waals surface area contributed by atoms with Crippen molar-refractivity contribution >= 4 is 22.7 Å². The van der Waals surface area contributed by atoms with E-state index in [0.717, 1.165) is 47.6 Å². The summed E-state index contributed by atoms with van der Waals surface area (Å²) in [4.78, 5) is 8.44. The minimum atomic E-state index is 0.497. The van der Waals surface area contributed by atoms with Crippen molar-refractivity contribution in [2.45, 2.75) is 45.2 Å². The molecule has 4 rings (SSSR count). The van der Waals surface area contributed by atoms with Crippen LogP contribution in [0.1, 0.15) is 38.0 Å². The molecule has 6 heteroatoms. The van der Waals surface area contributed by atoms with Crippen molar-refractivity contribution in [3.63, 3.8) is 0 Å². The lowest BCUT2D eigenvalue weighted by molar-refractivity contribution is 0.109. The van der Waals surface area contributed by atoms with E-state index in [0.29, 0.717) is 12.1 Å². The van der Waals surface area contributed by atoms with E-state index in [4.69, 9.17) is 14.8 Å².